The van der Waals surface area contributed by atoms with Crippen molar-refractivity contribution in [3.05, 3.63) is 28.6 Å². The van der Waals surface area contributed by atoms with Gasteiger partial charge in [-0.3, -0.25) is 15.8 Å². The van der Waals surface area contributed by atoms with Gasteiger partial charge in [-0.1, -0.05) is 13.8 Å². The van der Waals surface area contributed by atoms with Crippen LogP contribution in [-0.4, -0.2) is 16.6 Å². The molecule has 0 saturated carbocycles. The topological polar surface area (TPSA) is 117 Å². The number of anilines is 3. The highest BCUT2D eigenvalue weighted by Crippen LogP contribution is 2.29. The van der Waals surface area contributed by atoms with Gasteiger partial charge < -0.3 is 15.6 Å². The molecule has 0 aliphatic heterocycles. The molecule has 0 aliphatic carbocycles. The third kappa shape index (κ3) is 3.86. The van der Waals surface area contributed by atoms with Gasteiger partial charge in [-0.05, 0) is 24.1 Å². The van der Waals surface area contributed by atoms with Crippen LogP contribution in [0.1, 0.15) is 13.8 Å². The quantitative estimate of drug-likeness (QED) is 0.544. The lowest BCUT2D eigenvalue weighted by molar-refractivity contribution is 0.0295. The van der Waals surface area contributed by atoms with Crippen LogP contribution < -0.4 is 15.9 Å². The Morgan fingerprint density at radius 1 is 1.33 bits per heavy atom. The summed E-state index contributed by atoms with van der Waals surface area (Å²) >= 11 is 0. The molecule has 8 nitrogen and oxygen atoms in total. The summed E-state index contributed by atoms with van der Waals surface area (Å²) in [6.45, 7) is 3.85. The van der Waals surface area contributed by atoms with E-state index < -0.39 is 5.23 Å². The normalized spacial score (nSPS) is 11.1. The molecular weight excluding hydrogens is 240 g/mol. The lowest BCUT2D eigenvalue weighted by Gasteiger charge is -2.37. The molecule has 3 N–H and O–H groups in total. The van der Waals surface area contributed by atoms with Gasteiger partial charge in [-0.2, -0.15) is 5.10 Å². The fourth-order valence-corrected chi connectivity index (χ4v) is 1.15. The van der Waals surface area contributed by atoms with Crippen molar-refractivity contribution in [2.75, 3.05) is 15.9 Å². The maximum Gasteiger partial charge on any atom is 0.121 e. The minimum atomic E-state index is -0.631. The van der Waals surface area contributed by atoms with Crippen molar-refractivity contribution in [3.63, 3.8) is 0 Å². The molecule has 18 heavy (non-hydrogen) atoms. The predicted octanol–water partition coefficient (Wildman–Crippen LogP) is 2.13. The van der Waals surface area contributed by atoms with Gasteiger partial charge in [0.2, 0.25) is 0 Å². The van der Waals surface area contributed by atoms with Gasteiger partial charge in [-0.15, -0.1) is 5.23 Å². The molecule has 0 unspecified atom stereocenters. The monoisotopic (exact) mass is 254 g/mol. The summed E-state index contributed by atoms with van der Waals surface area (Å²) in [5.41, 5.74) is 2.40. The van der Waals surface area contributed by atoms with Crippen molar-refractivity contribution in [2.45, 2.75) is 13.8 Å². The Morgan fingerprint density at radius 2 is 2.00 bits per heavy atom. The first-order valence-corrected chi connectivity index (χ1v) is 5.17. The summed E-state index contributed by atoms with van der Waals surface area (Å²) in [6, 6.07) is 3.60. The van der Waals surface area contributed by atoms with Gasteiger partial charge in [0.15, 0.2) is 0 Å². The summed E-state index contributed by atoms with van der Waals surface area (Å²) in [4.78, 5) is 0. The van der Waals surface area contributed by atoms with Gasteiger partial charge in [0.1, 0.15) is 5.69 Å². The van der Waals surface area contributed by atoms with Gasteiger partial charge in [0.05, 0.1) is 5.69 Å². The predicted molar refractivity (Wildman–Crippen MR) is 68.7 cm³/mol. The maximum absolute atomic E-state index is 10.6. The molecule has 0 heterocycles. The molecular formula is C10H14N4O4-2. The Hall–Kier alpha value is -1.87. The second kappa shape index (κ2) is 6.17. The number of nitrogens with one attached hydrogen (secondary N) is 1. The van der Waals surface area contributed by atoms with E-state index in [9.17, 15) is 10.4 Å². The van der Waals surface area contributed by atoms with Crippen molar-refractivity contribution in [1.82, 2.24) is 0 Å². The summed E-state index contributed by atoms with van der Waals surface area (Å²) in [5.74, 6) is 0.221. The van der Waals surface area contributed by atoms with Crippen molar-refractivity contribution < 1.29 is 10.4 Å². The van der Waals surface area contributed by atoms with E-state index in [0.29, 0.717) is 0 Å². The largest absolute Gasteiger partial charge is 0.769 e. The zero-order valence-corrected chi connectivity index (χ0v) is 9.94. The molecule has 1 aromatic carbocycles. The van der Waals surface area contributed by atoms with Gasteiger partial charge >= 0.3 is 0 Å². The first-order valence-electron chi connectivity index (χ1n) is 5.17. The minimum absolute atomic E-state index is 0.162. The fraction of sp³-hybridized carbons (Fsp3) is 0.300. The molecule has 100 valence electrons. The van der Waals surface area contributed by atoms with Crippen LogP contribution in [-0.2, 0) is 0 Å². The molecule has 0 amide bonds. The summed E-state index contributed by atoms with van der Waals surface area (Å²) in [7, 11) is 0. The lowest BCUT2D eigenvalue weighted by Crippen LogP contribution is -2.14. The fourth-order valence-electron chi connectivity index (χ4n) is 1.15. The smallest absolute Gasteiger partial charge is 0.121 e. The standard InChI is InChI=1S/C10H14N4O4/c1-7(2)6-11-12-9-4-3-8(13(15)16)5-10(9)14(17)18/h3-7,12,17-18H,1-2H3/q-2. The van der Waals surface area contributed by atoms with E-state index >= 15 is 0 Å². The molecule has 0 spiro atoms. The number of hydrazone groups is 1. The molecule has 0 aromatic heterocycles. The first kappa shape index (κ1) is 14.2. The summed E-state index contributed by atoms with van der Waals surface area (Å²) < 4.78 is 0. The molecule has 1 rings (SSSR count). The van der Waals surface area contributed by atoms with E-state index in [2.05, 4.69) is 10.5 Å². The molecule has 0 atom stereocenters. The Balaban J connectivity index is 2.97. The molecule has 0 bridgehead atoms. The van der Waals surface area contributed by atoms with Crippen LogP contribution in [0.5, 0.6) is 0 Å². The highest BCUT2D eigenvalue weighted by Gasteiger charge is 2.07. The van der Waals surface area contributed by atoms with E-state index in [-0.39, 0.29) is 28.2 Å². The average Bonchev–Trinajstić information content (AvgIpc) is 2.28. The van der Waals surface area contributed by atoms with Crippen LogP contribution in [0.25, 0.3) is 0 Å². The van der Waals surface area contributed by atoms with Crippen LogP contribution in [0.3, 0.4) is 0 Å². The van der Waals surface area contributed by atoms with Crippen LogP contribution in [0.2, 0.25) is 0 Å². The van der Waals surface area contributed by atoms with E-state index in [1.54, 1.807) is 6.21 Å². The molecule has 0 aliphatic rings. The molecule has 8 heteroatoms. The van der Waals surface area contributed by atoms with Gasteiger partial charge in [-0.25, -0.2) is 0 Å². The van der Waals surface area contributed by atoms with Crippen molar-refractivity contribution in [2.24, 2.45) is 11.0 Å². The summed E-state index contributed by atoms with van der Waals surface area (Å²) in [5, 5.41) is 42.2. The van der Waals surface area contributed by atoms with Crippen LogP contribution in [0.15, 0.2) is 23.3 Å². The van der Waals surface area contributed by atoms with E-state index in [1.807, 2.05) is 13.8 Å². The molecule has 0 saturated heterocycles. The first-order chi connectivity index (χ1) is 8.41. The second-order valence-corrected chi connectivity index (χ2v) is 3.88. The second-order valence-electron chi connectivity index (χ2n) is 3.88. The number of benzene rings is 1. The van der Waals surface area contributed by atoms with Gasteiger partial charge in [0.25, 0.3) is 0 Å². The Kier molecular flexibility index (Phi) is 4.86. The number of nitrogens with zero attached hydrogens (tertiary/aromatic N) is 3. The number of rotatable bonds is 5. The zero-order valence-electron chi connectivity index (χ0n) is 9.94. The zero-order chi connectivity index (χ0) is 13.7. The highest BCUT2D eigenvalue weighted by atomic mass is 16.8. The third-order valence-corrected chi connectivity index (χ3v) is 1.97. The average molecular weight is 254 g/mol. The maximum atomic E-state index is 10.6. The Morgan fingerprint density at radius 3 is 2.50 bits per heavy atom. The SMILES string of the molecule is CC(C)C=NNc1ccc(N([O-])[O-])cc1N(O)O. The van der Waals surface area contributed by atoms with E-state index in [0.717, 1.165) is 6.07 Å². The number of hydrogen-bond acceptors (Lipinski definition) is 8. The Labute approximate surface area is 104 Å². The highest BCUT2D eigenvalue weighted by molar-refractivity contribution is 5.74. The molecule has 0 fully saturated rings. The van der Waals surface area contributed by atoms with Crippen LogP contribution in [0.4, 0.5) is 17.1 Å². The van der Waals surface area contributed by atoms with Crippen LogP contribution >= 0.6 is 0 Å². The minimum Gasteiger partial charge on any atom is -0.769 e. The number of hydrogen-bond donors (Lipinski definition) is 3. The van der Waals surface area contributed by atoms with Crippen molar-refractivity contribution in [3.8, 4) is 0 Å². The van der Waals surface area contributed by atoms with E-state index in [4.69, 9.17) is 10.4 Å². The molecule has 0 radical (unpaired) electrons. The third-order valence-electron chi connectivity index (χ3n) is 1.97. The molecule has 1 aromatic rings. The van der Waals surface area contributed by atoms with Crippen LogP contribution in [0, 0.1) is 16.3 Å². The van der Waals surface area contributed by atoms with E-state index in [1.165, 1.54) is 12.1 Å². The van der Waals surface area contributed by atoms with Crippen molar-refractivity contribution >= 4 is 23.3 Å². The van der Waals surface area contributed by atoms with Gasteiger partial charge in [0, 0.05) is 11.9 Å². The summed E-state index contributed by atoms with van der Waals surface area (Å²) in [6.07, 6.45) is 1.62. The van der Waals surface area contributed by atoms with Crippen molar-refractivity contribution in [1.29, 1.82) is 0 Å². The lowest BCUT2D eigenvalue weighted by atomic mass is 10.2. The Bertz CT molecular complexity index is 420.